The lowest BCUT2D eigenvalue weighted by molar-refractivity contribution is 0.101. The molecule has 1 N–H and O–H groups in total. The predicted molar refractivity (Wildman–Crippen MR) is 107 cm³/mol. The topological polar surface area (TPSA) is 49.7 Å². The second-order valence-electron chi connectivity index (χ2n) is 5.26. The van der Waals surface area contributed by atoms with E-state index >= 15 is 0 Å². The van der Waals surface area contributed by atoms with Crippen LogP contribution in [0.5, 0.6) is 5.75 Å². The summed E-state index contributed by atoms with van der Waals surface area (Å²) in [6.45, 7) is 1.84. The van der Waals surface area contributed by atoms with E-state index < -0.39 is 0 Å². The van der Waals surface area contributed by atoms with Crippen molar-refractivity contribution in [3.05, 3.63) is 61.6 Å². The maximum Gasteiger partial charge on any atom is 0.194 e. The molecule has 2 heterocycles. The zero-order valence-corrected chi connectivity index (χ0v) is 16.3. The second kappa shape index (κ2) is 7.70. The summed E-state index contributed by atoms with van der Waals surface area (Å²) in [6.07, 6.45) is 0. The number of Topliss-reactive ketones (excluding diaryl/α,β-unsaturated/α-hetero) is 1. The third kappa shape index (κ3) is 3.96. The van der Waals surface area contributed by atoms with Gasteiger partial charge in [-0.2, -0.15) is 0 Å². The fourth-order valence-corrected chi connectivity index (χ4v) is 4.20. The van der Waals surface area contributed by atoms with Crippen molar-refractivity contribution in [2.75, 3.05) is 6.54 Å². The van der Waals surface area contributed by atoms with Crippen LogP contribution in [-0.2, 0) is 0 Å². The highest BCUT2D eigenvalue weighted by molar-refractivity contribution is 7.14. The average molecular weight is 410 g/mol. The first-order valence-electron chi connectivity index (χ1n) is 7.31. The first-order chi connectivity index (χ1) is 12.0. The van der Waals surface area contributed by atoms with Crippen LogP contribution >= 0.6 is 45.9 Å². The van der Waals surface area contributed by atoms with Gasteiger partial charge < -0.3 is 5.11 Å². The van der Waals surface area contributed by atoms with Crippen LogP contribution in [0.25, 0.3) is 10.4 Å². The van der Waals surface area contributed by atoms with Crippen LogP contribution in [-0.4, -0.2) is 23.1 Å². The summed E-state index contributed by atoms with van der Waals surface area (Å²) in [5, 5.41) is 15.1. The Morgan fingerprint density at radius 1 is 1.20 bits per heavy atom. The second-order valence-corrected chi connectivity index (χ2v) is 7.90. The Hall–Kier alpha value is -1.66. The standard InChI is InChI=1S/C18H13Cl2NO2S2/c1-10(21-8-15(22)16-3-2-6-24-16)12-9-25-18(17(12)23)11-4-5-13(19)14(20)7-11/h2-7,9,23H,8H2,1H3. The molecule has 0 atom stereocenters. The summed E-state index contributed by atoms with van der Waals surface area (Å²) in [4.78, 5) is 17.7. The molecule has 1 aromatic carbocycles. The number of aliphatic imine (C=N–C) groups is 1. The number of ketones is 1. The molecule has 0 spiro atoms. The molecule has 128 valence electrons. The lowest BCUT2D eigenvalue weighted by Crippen LogP contribution is -2.04. The summed E-state index contributed by atoms with van der Waals surface area (Å²) in [6, 6.07) is 8.83. The lowest BCUT2D eigenvalue weighted by Gasteiger charge is -2.03. The third-order valence-corrected chi connectivity index (χ3v) is 6.26. The smallest absolute Gasteiger partial charge is 0.194 e. The number of nitrogens with zero attached hydrogens (tertiary/aromatic N) is 1. The van der Waals surface area contributed by atoms with Gasteiger partial charge in [0, 0.05) is 16.7 Å². The summed E-state index contributed by atoms with van der Waals surface area (Å²) in [7, 11) is 0. The Kier molecular flexibility index (Phi) is 5.59. The Morgan fingerprint density at radius 3 is 2.68 bits per heavy atom. The normalized spacial score (nSPS) is 11.7. The number of aromatic hydroxyl groups is 1. The van der Waals surface area contributed by atoms with Gasteiger partial charge in [-0.25, -0.2) is 0 Å². The monoisotopic (exact) mass is 409 g/mol. The van der Waals surface area contributed by atoms with Crippen LogP contribution in [0.4, 0.5) is 0 Å². The number of hydrogen-bond donors (Lipinski definition) is 1. The van der Waals surface area contributed by atoms with Crippen LogP contribution in [0, 0.1) is 0 Å². The largest absolute Gasteiger partial charge is 0.506 e. The molecule has 0 aliphatic heterocycles. The zero-order valence-electron chi connectivity index (χ0n) is 13.1. The molecule has 3 rings (SSSR count). The molecule has 0 aliphatic carbocycles. The number of rotatable bonds is 5. The molecule has 0 unspecified atom stereocenters. The number of thiophene rings is 2. The summed E-state index contributed by atoms with van der Waals surface area (Å²) in [5.74, 6) is 0.0991. The molecule has 0 bridgehead atoms. The van der Waals surface area contributed by atoms with Crippen LogP contribution in [0.3, 0.4) is 0 Å². The highest BCUT2D eigenvalue weighted by Crippen LogP contribution is 2.40. The minimum absolute atomic E-state index is 0.0335. The molecule has 0 radical (unpaired) electrons. The van der Waals surface area contributed by atoms with Gasteiger partial charge in [-0.15, -0.1) is 22.7 Å². The van der Waals surface area contributed by atoms with Gasteiger partial charge in [-0.3, -0.25) is 9.79 Å². The maximum absolute atomic E-state index is 12.0. The van der Waals surface area contributed by atoms with E-state index in [1.165, 1.54) is 22.7 Å². The summed E-state index contributed by atoms with van der Waals surface area (Å²) in [5.41, 5.74) is 2.01. The molecular formula is C18H13Cl2NO2S2. The van der Waals surface area contributed by atoms with Crippen molar-refractivity contribution in [3.8, 4) is 16.2 Å². The minimum Gasteiger partial charge on any atom is -0.506 e. The van der Waals surface area contributed by atoms with Gasteiger partial charge in [0.15, 0.2) is 5.78 Å². The number of carbonyl (C=O) groups excluding carboxylic acids is 1. The van der Waals surface area contributed by atoms with E-state index in [0.717, 1.165) is 5.56 Å². The fraction of sp³-hybridized carbons (Fsp3) is 0.111. The third-order valence-electron chi connectivity index (χ3n) is 3.59. The van der Waals surface area contributed by atoms with Crippen molar-refractivity contribution in [2.45, 2.75) is 6.92 Å². The average Bonchev–Trinajstić information content (AvgIpc) is 3.25. The summed E-state index contributed by atoms with van der Waals surface area (Å²) >= 11 is 14.8. The van der Waals surface area contributed by atoms with E-state index in [-0.39, 0.29) is 18.1 Å². The van der Waals surface area contributed by atoms with Gasteiger partial charge in [-0.05, 0) is 36.1 Å². The molecule has 0 fully saturated rings. The number of hydrogen-bond acceptors (Lipinski definition) is 5. The maximum atomic E-state index is 12.0. The number of benzene rings is 1. The molecule has 3 nitrogen and oxygen atoms in total. The SMILES string of the molecule is CC(=NCC(=O)c1cccs1)c1csc(-c2ccc(Cl)c(Cl)c2)c1O. The molecule has 3 aromatic rings. The van der Waals surface area contributed by atoms with Gasteiger partial charge in [0.2, 0.25) is 0 Å². The van der Waals surface area contributed by atoms with Crippen molar-refractivity contribution < 1.29 is 9.90 Å². The molecular weight excluding hydrogens is 397 g/mol. The van der Waals surface area contributed by atoms with E-state index in [0.29, 0.717) is 31.1 Å². The Morgan fingerprint density at radius 2 is 2.00 bits per heavy atom. The van der Waals surface area contributed by atoms with E-state index in [4.69, 9.17) is 23.2 Å². The molecule has 0 saturated carbocycles. The number of halogens is 2. The van der Waals surface area contributed by atoms with E-state index in [9.17, 15) is 9.90 Å². The molecule has 0 amide bonds. The molecule has 25 heavy (non-hydrogen) atoms. The van der Waals surface area contributed by atoms with E-state index in [1.807, 2.05) is 16.8 Å². The zero-order chi connectivity index (χ0) is 18.0. The van der Waals surface area contributed by atoms with Crippen LogP contribution in [0.15, 0.2) is 46.1 Å². The Bertz CT molecular complexity index is 946. The Balaban J connectivity index is 1.83. The molecule has 0 saturated heterocycles. The van der Waals surface area contributed by atoms with Gasteiger partial charge in [0.1, 0.15) is 12.3 Å². The van der Waals surface area contributed by atoms with Gasteiger partial charge >= 0.3 is 0 Å². The number of carbonyl (C=O) groups is 1. The minimum atomic E-state index is -0.0335. The van der Waals surface area contributed by atoms with Gasteiger partial charge in [0.05, 0.1) is 19.8 Å². The predicted octanol–water partition coefficient (Wildman–Crippen LogP) is 6.18. The fourth-order valence-electron chi connectivity index (χ4n) is 2.24. The van der Waals surface area contributed by atoms with E-state index in [1.54, 1.807) is 31.2 Å². The Labute approximate surface area is 163 Å². The highest BCUT2D eigenvalue weighted by Gasteiger charge is 2.16. The molecule has 0 aliphatic rings. The van der Waals surface area contributed by atoms with Crippen molar-refractivity contribution in [1.82, 2.24) is 0 Å². The molecule has 7 heteroatoms. The van der Waals surface area contributed by atoms with Crippen molar-refractivity contribution >= 4 is 57.4 Å². The highest BCUT2D eigenvalue weighted by atomic mass is 35.5. The van der Waals surface area contributed by atoms with Crippen molar-refractivity contribution in [3.63, 3.8) is 0 Å². The van der Waals surface area contributed by atoms with Gasteiger partial charge in [0.25, 0.3) is 0 Å². The van der Waals surface area contributed by atoms with Crippen molar-refractivity contribution in [1.29, 1.82) is 0 Å². The molecule has 2 aromatic heterocycles. The van der Waals surface area contributed by atoms with Crippen molar-refractivity contribution in [2.24, 2.45) is 4.99 Å². The van der Waals surface area contributed by atoms with Crippen LogP contribution in [0.1, 0.15) is 22.2 Å². The lowest BCUT2D eigenvalue weighted by atomic mass is 10.1. The van der Waals surface area contributed by atoms with Gasteiger partial charge in [-0.1, -0.05) is 35.3 Å². The first kappa shape index (κ1) is 18.1. The first-order valence-corrected chi connectivity index (χ1v) is 9.83. The van der Waals surface area contributed by atoms with Crippen LogP contribution < -0.4 is 0 Å². The van der Waals surface area contributed by atoms with Crippen LogP contribution in [0.2, 0.25) is 10.0 Å². The van der Waals surface area contributed by atoms with E-state index in [2.05, 4.69) is 4.99 Å². The summed E-state index contributed by atoms with van der Waals surface area (Å²) < 4.78 is 0. The quantitative estimate of drug-likeness (QED) is 0.403.